The van der Waals surface area contributed by atoms with Crippen LogP contribution in [-0.2, 0) is 0 Å². The Bertz CT molecular complexity index is 408. The molecule has 1 aromatic carbocycles. The maximum Gasteiger partial charge on any atom is 0.124 e. The zero-order chi connectivity index (χ0) is 13.1. The minimum atomic E-state index is -0.0372. The number of benzene rings is 1. The van der Waals surface area contributed by atoms with E-state index in [0.29, 0.717) is 0 Å². The van der Waals surface area contributed by atoms with Crippen LogP contribution in [0.1, 0.15) is 25.5 Å². The molecule has 7 nitrogen and oxygen atoms in total. The summed E-state index contributed by atoms with van der Waals surface area (Å²) in [5.41, 5.74) is 12.3. The van der Waals surface area contributed by atoms with Gasteiger partial charge >= 0.3 is 0 Å². The Labute approximate surface area is 105 Å². The lowest BCUT2D eigenvalue weighted by molar-refractivity contribution is 0.352. The molecule has 2 rings (SSSR count). The van der Waals surface area contributed by atoms with Crippen molar-refractivity contribution in [2.75, 3.05) is 0 Å². The van der Waals surface area contributed by atoms with Crippen LogP contribution in [0.3, 0.4) is 0 Å². The molecule has 7 heteroatoms. The van der Waals surface area contributed by atoms with Crippen molar-refractivity contribution in [3.05, 3.63) is 23.8 Å². The number of hydrogen-bond donors (Lipinski definition) is 7. The van der Waals surface area contributed by atoms with Crippen molar-refractivity contribution in [2.24, 2.45) is 0 Å². The third-order valence-corrected chi connectivity index (χ3v) is 3.01. The minimum Gasteiger partial charge on any atom is -0.508 e. The van der Waals surface area contributed by atoms with Crippen LogP contribution >= 0.6 is 0 Å². The molecule has 1 aromatic rings. The van der Waals surface area contributed by atoms with Crippen molar-refractivity contribution < 1.29 is 10.2 Å². The van der Waals surface area contributed by atoms with Gasteiger partial charge in [0.2, 0.25) is 0 Å². The zero-order valence-electron chi connectivity index (χ0n) is 10.4. The summed E-state index contributed by atoms with van der Waals surface area (Å²) < 4.78 is 0. The van der Waals surface area contributed by atoms with Crippen LogP contribution in [0.25, 0.3) is 0 Å². The Kier molecular flexibility index (Phi) is 4.00. The average molecular weight is 253 g/mol. The molecule has 0 amide bonds. The first-order valence-corrected chi connectivity index (χ1v) is 5.87. The summed E-state index contributed by atoms with van der Waals surface area (Å²) in [6.07, 6.45) is 0.0340. The average Bonchev–Trinajstić information content (AvgIpc) is 2.81. The molecule has 0 bridgehead atoms. The third-order valence-electron chi connectivity index (χ3n) is 3.01. The van der Waals surface area contributed by atoms with Crippen LogP contribution < -0.4 is 27.2 Å². The van der Waals surface area contributed by atoms with Crippen LogP contribution in [0.5, 0.6) is 11.5 Å². The SMILES string of the molecule is CC(NC(C)C1NNNN1)c1ccc(O)cc1O. The van der Waals surface area contributed by atoms with Gasteiger partial charge in [-0.1, -0.05) is 6.07 Å². The molecule has 2 unspecified atom stereocenters. The molecule has 18 heavy (non-hydrogen) atoms. The highest BCUT2D eigenvalue weighted by atomic mass is 16.3. The van der Waals surface area contributed by atoms with Crippen molar-refractivity contribution >= 4 is 0 Å². The van der Waals surface area contributed by atoms with Crippen LogP contribution in [-0.4, -0.2) is 22.4 Å². The number of hydrogen-bond acceptors (Lipinski definition) is 7. The Morgan fingerprint density at radius 2 is 1.83 bits per heavy atom. The number of phenols is 2. The van der Waals surface area contributed by atoms with E-state index < -0.39 is 0 Å². The topological polar surface area (TPSA) is 101 Å². The molecule has 0 saturated carbocycles. The maximum atomic E-state index is 9.78. The van der Waals surface area contributed by atoms with Gasteiger partial charge in [-0.15, -0.1) is 0 Å². The predicted octanol–water partition coefficient (Wildman–Crippen LogP) is -0.420. The van der Waals surface area contributed by atoms with Crippen molar-refractivity contribution in [1.82, 2.24) is 27.2 Å². The molecular weight excluding hydrogens is 234 g/mol. The van der Waals surface area contributed by atoms with Gasteiger partial charge in [0, 0.05) is 23.7 Å². The molecule has 1 aliphatic rings. The molecule has 100 valence electrons. The highest BCUT2D eigenvalue weighted by Gasteiger charge is 2.22. The second-order valence-corrected chi connectivity index (χ2v) is 4.44. The number of rotatable bonds is 4. The molecule has 0 spiro atoms. The lowest BCUT2D eigenvalue weighted by atomic mass is 10.1. The van der Waals surface area contributed by atoms with Gasteiger partial charge in [-0.3, -0.25) is 0 Å². The summed E-state index contributed by atoms with van der Waals surface area (Å²) in [7, 11) is 0. The molecular formula is C11H19N5O2. The molecule has 7 N–H and O–H groups in total. The fourth-order valence-corrected chi connectivity index (χ4v) is 1.99. The monoisotopic (exact) mass is 253 g/mol. The lowest BCUT2D eigenvalue weighted by Gasteiger charge is -2.24. The van der Waals surface area contributed by atoms with Gasteiger partial charge in [-0.25, -0.2) is 10.9 Å². The maximum absolute atomic E-state index is 9.78. The summed E-state index contributed by atoms with van der Waals surface area (Å²) in [4.78, 5) is 0. The second-order valence-electron chi connectivity index (χ2n) is 4.44. The summed E-state index contributed by atoms with van der Waals surface area (Å²) in [6.45, 7) is 3.98. The fraction of sp³-hybridized carbons (Fsp3) is 0.455. The summed E-state index contributed by atoms with van der Waals surface area (Å²) >= 11 is 0. The zero-order valence-corrected chi connectivity index (χ0v) is 10.4. The van der Waals surface area contributed by atoms with E-state index in [0.717, 1.165) is 5.56 Å². The van der Waals surface area contributed by atoms with E-state index in [4.69, 9.17) is 0 Å². The smallest absolute Gasteiger partial charge is 0.124 e. The van der Waals surface area contributed by atoms with Gasteiger partial charge in [0.05, 0.1) is 0 Å². The molecule has 1 heterocycles. The van der Waals surface area contributed by atoms with Crippen molar-refractivity contribution in [3.8, 4) is 11.5 Å². The van der Waals surface area contributed by atoms with Crippen LogP contribution in [0.2, 0.25) is 0 Å². The van der Waals surface area contributed by atoms with E-state index in [9.17, 15) is 10.2 Å². The van der Waals surface area contributed by atoms with Crippen LogP contribution in [0, 0.1) is 0 Å². The Morgan fingerprint density at radius 3 is 2.44 bits per heavy atom. The lowest BCUT2D eigenvalue weighted by Crippen LogP contribution is -2.50. The van der Waals surface area contributed by atoms with Gasteiger partial charge in [-0.05, 0) is 19.9 Å². The van der Waals surface area contributed by atoms with Crippen molar-refractivity contribution in [1.29, 1.82) is 0 Å². The third kappa shape index (κ3) is 2.89. The highest BCUT2D eigenvalue weighted by Crippen LogP contribution is 2.27. The van der Waals surface area contributed by atoms with Crippen molar-refractivity contribution in [2.45, 2.75) is 32.1 Å². The summed E-state index contributed by atoms with van der Waals surface area (Å²) in [5, 5.41) is 22.4. The fourth-order valence-electron chi connectivity index (χ4n) is 1.99. The number of nitrogens with one attached hydrogen (secondary N) is 5. The second kappa shape index (κ2) is 5.51. The van der Waals surface area contributed by atoms with Gasteiger partial charge in [0.25, 0.3) is 0 Å². The Hall–Kier alpha value is -1.38. The molecule has 0 radical (unpaired) electrons. The van der Waals surface area contributed by atoms with E-state index in [1.165, 1.54) is 6.07 Å². The predicted molar refractivity (Wildman–Crippen MR) is 67.1 cm³/mol. The van der Waals surface area contributed by atoms with Gasteiger partial charge in [-0.2, -0.15) is 11.1 Å². The molecule has 1 fully saturated rings. The minimum absolute atomic E-state index is 0.0340. The van der Waals surface area contributed by atoms with Gasteiger partial charge < -0.3 is 15.5 Å². The van der Waals surface area contributed by atoms with E-state index in [2.05, 4.69) is 27.2 Å². The van der Waals surface area contributed by atoms with Crippen molar-refractivity contribution in [3.63, 3.8) is 0 Å². The van der Waals surface area contributed by atoms with Gasteiger partial charge in [0.1, 0.15) is 17.7 Å². The van der Waals surface area contributed by atoms with Crippen LogP contribution in [0.15, 0.2) is 18.2 Å². The highest BCUT2D eigenvalue weighted by molar-refractivity contribution is 5.40. The van der Waals surface area contributed by atoms with E-state index in [-0.39, 0.29) is 29.7 Å². The molecule has 1 saturated heterocycles. The molecule has 0 aliphatic carbocycles. The first kappa shape index (κ1) is 13.1. The van der Waals surface area contributed by atoms with E-state index >= 15 is 0 Å². The number of hydrazine groups is 3. The first-order chi connectivity index (χ1) is 8.58. The summed E-state index contributed by atoms with van der Waals surface area (Å²) in [6, 6.07) is 4.70. The van der Waals surface area contributed by atoms with Crippen LogP contribution in [0.4, 0.5) is 0 Å². The summed E-state index contributed by atoms with van der Waals surface area (Å²) in [5.74, 6) is 0.148. The quantitative estimate of drug-likeness (QED) is 0.391. The van der Waals surface area contributed by atoms with E-state index in [1.807, 2.05) is 13.8 Å². The molecule has 0 aromatic heterocycles. The standard InChI is InChI=1S/C11H19N5O2/c1-6(9-4-3-8(17)5-10(9)18)12-7(2)11-13-15-16-14-11/h3-7,11-18H,1-2H3. The van der Waals surface area contributed by atoms with Gasteiger partial charge in [0.15, 0.2) is 0 Å². The first-order valence-electron chi connectivity index (χ1n) is 5.87. The van der Waals surface area contributed by atoms with E-state index in [1.54, 1.807) is 12.1 Å². The largest absolute Gasteiger partial charge is 0.508 e. The molecule has 1 aliphatic heterocycles. The Balaban J connectivity index is 2.00. The normalized spacial score (nSPS) is 19.9. The molecule has 2 atom stereocenters. The number of phenolic OH excluding ortho intramolecular Hbond substituents is 2. The Morgan fingerprint density at radius 1 is 1.17 bits per heavy atom. The number of aromatic hydroxyl groups is 2.